The highest BCUT2D eigenvalue weighted by Gasteiger charge is 2.70. The van der Waals surface area contributed by atoms with Gasteiger partial charge in [0.05, 0.1) is 17.9 Å². The van der Waals surface area contributed by atoms with Crippen LogP contribution in [-0.2, 0) is 14.4 Å². The molecule has 12 heteroatoms. The van der Waals surface area contributed by atoms with Crippen LogP contribution in [0, 0.1) is 11.2 Å². The van der Waals surface area contributed by atoms with Crippen LogP contribution in [-0.4, -0.2) is 57.8 Å². The second-order valence-corrected chi connectivity index (χ2v) is 10.3. The van der Waals surface area contributed by atoms with E-state index in [1.54, 1.807) is 6.07 Å². The molecule has 2 saturated carbocycles. The van der Waals surface area contributed by atoms with Crippen molar-refractivity contribution in [1.29, 1.82) is 0 Å². The molecule has 5 rings (SSSR count). The maximum absolute atomic E-state index is 13.7. The van der Waals surface area contributed by atoms with Gasteiger partial charge in [0.15, 0.2) is 0 Å². The van der Waals surface area contributed by atoms with Crippen LogP contribution in [0.4, 0.5) is 29.1 Å². The van der Waals surface area contributed by atoms with Gasteiger partial charge in [-0.25, -0.2) is 9.37 Å². The minimum absolute atomic E-state index is 0.179. The van der Waals surface area contributed by atoms with Crippen molar-refractivity contribution in [1.82, 2.24) is 14.8 Å². The number of piperazine rings is 1. The molecule has 2 aromatic rings. The van der Waals surface area contributed by atoms with Crippen molar-refractivity contribution in [2.24, 2.45) is 5.41 Å². The molecular weight excluding hydrogens is 506 g/mol. The van der Waals surface area contributed by atoms with Crippen LogP contribution in [0.1, 0.15) is 55.7 Å². The standard InChI is InChI=1S/C26H27F4N5O3/c1-14-12-35(23(37)22(36)33-18-10-19(15-2-3-15)21(31)32-11-18)20(16-4-6-17(27)7-5-16)13-34(14)24(38)25(8-9-25)26(28,29)30/h4-7,10-11,14-15,20H,2-3,8-9,12-13H2,1H3,(H2,31,32)(H,33,36)/t14-,20-/m1/s1. The minimum atomic E-state index is -4.69. The molecule has 3 fully saturated rings. The van der Waals surface area contributed by atoms with Crippen LogP contribution in [0.3, 0.4) is 0 Å². The van der Waals surface area contributed by atoms with Crippen LogP contribution >= 0.6 is 0 Å². The quantitative estimate of drug-likeness (QED) is 0.460. The normalized spacial score (nSPS) is 22.7. The Balaban J connectivity index is 1.39. The number of carbonyl (C=O) groups excluding carboxylic acids is 3. The van der Waals surface area contributed by atoms with Crippen molar-refractivity contribution in [2.45, 2.75) is 56.8 Å². The first-order chi connectivity index (χ1) is 17.9. The van der Waals surface area contributed by atoms with Crippen LogP contribution in [0.25, 0.3) is 0 Å². The zero-order chi connectivity index (χ0) is 27.4. The van der Waals surface area contributed by atoms with Crippen molar-refractivity contribution in [3.8, 4) is 0 Å². The number of hydrogen-bond donors (Lipinski definition) is 2. The molecule has 38 heavy (non-hydrogen) atoms. The molecule has 0 radical (unpaired) electrons. The first kappa shape index (κ1) is 25.9. The number of carbonyl (C=O) groups is 3. The molecule has 3 amide bonds. The van der Waals surface area contributed by atoms with E-state index in [1.165, 1.54) is 30.2 Å². The molecule has 2 aliphatic carbocycles. The highest BCUT2D eigenvalue weighted by atomic mass is 19.4. The monoisotopic (exact) mass is 533 g/mol. The van der Waals surface area contributed by atoms with Crippen LogP contribution in [0.15, 0.2) is 36.5 Å². The molecule has 3 aliphatic rings. The Labute approximate surface area is 216 Å². The lowest BCUT2D eigenvalue weighted by Gasteiger charge is -2.46. The largest absolute Gasteiger partial charge is 0.403 e. The number of nitrogens with zero attached hydrogens (tertiary/aromatic N) is 3. The minimum Gasteiger partial charge on any atom is -0.383 e. The lowest BCUT2D eigenvalue weighted by Crippen LogP contribution is -2.60. The molecule has 0 bridgehead atoms. The number of nitrogens with two attached hydrogens (primary N) is 1. The van der Waals surface area contributed by atoms with E-state index in [4.69, 9.17) is 5.73 Å². The van der Waals surface area contributed by atoms with E-state index in [-0.39, 0.29) is 31.8 Å². The first-order valence-corrected chi connectivity index (χ1v) is 12.4. The van der Waals surface area contributed by atoms with Gasteiger partial charge in [0.25, 0.3) is 0 Å². The number of benzene rings is 1. The molecule has 0 unspecified atom stereocenters. The van der Waals surface area contributed by atoms with Gasteiger partial charge in [-0.3, -0.25) is 14.4 Å². The van der Waals surface area contributed by atoms with Gasteiger partial charge in [0.1, 0.15) is 17.1 Å². The maximum Gasteiger partial charge on any atom is 0.403 e. The van der Waals surface area contributed by atoms with Crippen LogP contribution < -0.4 is 11.1 Å². The zero-order valence-electron chi connectivity index (χ0n) is 20.6. The van der Waals surface area contributed by atoms with E-state index in [1.807, 2.05) is 0 Å². The van der Waals surface area contributed by atoms with E-state index < -0.39 is 47.2 Å². The summed E-state index contributed by atoms with van der Waals surface area (Å²) in [5.74, 6) is -2.86. The van der Waals surface area contributed by atoms with Crippen LogP contribution in [0.5, 0.6) is 0 Å². The fourth-order valence-corrected chi connectivity index (χ4v) is 5.07. The number of alkyl halides is 3. The average Bonchev–Trinajstić information content (AvgIpc) is 3.78. The number of nitrogen functional groups attached to an aromatic ring is 1. The number of amides is 3. The molecule has 1 aromatic carbocycles. The summed E-state index contributed by atoms with van der Waals surface area (Å²) in [6, 6.07) is 5.02. The molecule has 1 aromatic heterocycles. The van der Waals surface area contributed by atoms with E-state index in [0.717, 1.165) is 35.4 Å². The Morgan fingerprint density at radius 1 is 1.08 bits per heavy atom. The predicted octanol–water partition coefficient (Wildman–Crippen LogP) is 3.76. The van der Waals surface area contributed by atoms with E-state index in [0.29, 0.717) is 17.1 Å². The van der Waals surface area contributed by atoms with Gasteiger partial charge >= 0.3 is 18.0 Å². The van der Waals surface area contributed by atoms with Gasteiger partial charge in [-0.05, 0) is 67.9 Å². The van der Waals surface area contributed by atoms with Crippen molar-refractivity contribution in [3.05, 3.63) is 53.5 Å². The number of aromatic nitrogens is 1. The van der Waals surface area contributed by atoms with Gasteiger partial charge < -0.3 is 20.9 Å². The summed E-state index contributed by atoms with van der Waals surface area (Å²) >= 11 is 0. The number of halogens is 4. The van der Waals surface area contributed by atoms with Crippen molar-refractivity contribution < 1.29 is 31.9 Å². The third-order valence-electron chi connectivity index (χ3n) is 7.64. The SMILES string of the molecule is C[C@@H]1CN(C(=O)C(=O)Nc2cnc(N)c(C3CC3)c2)[C@@H](c2ccc(F)cc2)CN1C(=O)C1(C(F)(F)F)CC1. The smallest absolute Gasteiger partial charge is 0.383 e. The summed E-state index contributed by atoms with van der Waals surface area (Å²) in [4.78, 5) is 45.9. The molecule has 202 valence electrons. The Morgan fingerprint density at radius 2 is 1.74 bits per heavy atom. The molecule has 8 nitrogen and oxygen atoms in total. The first-order valence-electron chi connectivity index (χ1n) is 12.4. The van der Waals surface area contributed by atoms with Crippen molar-refractivity contribution in [2.75, 3.05) is 24.1 Å². The Kier molecular flexibility index (Phi) is 6.31. The molecule has 3 N–H and O–H groups in total. The fraction of sp³-hybridized carbons (Fsp3) is 0.462. The summed E-state index contributed by atoms with van der Waals surface area (Å²) < 4.78 is 54.7. The summed E-state index contributed by atoms with van der Waals surface area (Å²) in [5, 5.41) is 2.54. The molecule has 2 atom stereocenters. The summed E-state index contributed by atoms with van der Waals surface area (Å²) in [5.41, 5.74) is 4.97. The van der Waals surface area contributed by atoms with Gasteiger partial charge in [-0.2, -0.15) is 13.2 Å². The number of pyridine rings is 1. The predicted molar refractivity (Wildman–Crippen MR) is 129 cm³/mol. The highest BCUT2D eigenvalue weighted by molar-refractivity contribution is 6.39. The third kappa shape index (κ3) is 4.67. The fourth-order valence-electron chi connectivity index (χ4n) is 5.07. The number of anilines is 2. The van der Waals surface area contributed by atoms with Crippen molar-refractivity contribution in [3.63, 3.8) is 0 Å². The van der Waals surface area contributed by atoms with E-state index in [2.05, 4.69) is 10.3 Å². The van der Waals surface area contributed by atoms with E-state index in [9.17, 15) is 31.9 Å². The summed E-state index contributed by atoms with van der Waals surface area (Å²) in [6.07, 6.45) is -2.01. The topological polar surface area (TPSA) is 109 Å². The van der Waals surface area contributed by atoms with Gasteiger partial charge in [0.2, 0.25) is 5.91 Å². The maximum atomic E-state index is 13.7. The lowest BCUT2D eigenvalue weighted by atomic mass is 9.96. The average molecular weight is 534 g/mol. The Hall–Kier alpha value is -3.70. The van der Waals surface area contributed by atoms with Gasteiger partial charge in [-0.15, -0.1) is 0 Å². The van der Waals surface area contributed by atoms with Gasteiger partial charge in [0, 0.05) is 19.1 Å². The van der Waals surface area contributed by atoms with Crippen LogP contribution in [0.2, 0.25) is 0 Å². The molecule has 1 aliphatic heterocycles. The second kappa shape index (κ2) is 9.25. The van der Waals surface area contributed by atoms with E-state index >= 15 is 0 Å². The molecule has 1 saturated heterocycles. The summed E-state index contributed by atoms with van der Waals surface area (Å²) in [7, 11) is 0. The summed E-state index contributed by atoms with van der Waals surface area (Å²) in [6.45, 7) is 1.09. The van der Waals surface area contributed by atoms with Gasteiger partial charge in [-0.1, -0.05) is 12.1 Å². The Morgan fingerprint density at radius 3 is 2.32 bits per heavy atom. The Bertz CT molecular complexity index is 1270. The highest BCUT2D eigenvalue weighted by Crippen LogP contribution is 2.59. The number of hydrogen-bond acceptors (Lipinski definition) is 5. The number of rotatable bonds is 4. The molecule has 2 heterocycles. The zero-order valence-corrected chi connectivity index (χ0v) is 20.6. The molecule has 0 spiro atoms. The third-order valence-corrected chi connectivity index (χ3v) is 7.64. The lowest BCUT2D eigenvalue weighted by molar-refractivity contribution is -0.201. The van der Waals surface area contributed by atoms with Crippen molar-refractivity contribution >= 4 is 29.2 Å². The second-order valence-electron chi connectivity index (χ2n) is 10.3. The number of nitrogens with one attached hydrogen (secondary N) is 1. The molecular formula is C26H27F4N5O3.